The monoisotopic (exact) mass is 566 g/mol. The van der Waals surface area contributed by atoms with Gasteiger partial charge in [0.05, 0.1) is 24.2 Å². The van der Waals surface area contributed by atoms with Gasteiger partial charge in [0.25, 0.3) is 0 Å². The molecule has 0 radical (unpaired) electrons. The molecule has 4 rings (SSSR count). The van der Waals surface area contributed by atoms with Gasteiger partial charge in [-0.25, -0.2) is 9.97 Å². The number of nitrogens with one attached hydrogen (secondary N) is 1. The minimum atomic E-state index is -5.00. The fourth-order valence-electron chi connectivity index (χ4n) is 4.16. The summed E-state index contributed by atoms with van der Waals surface area (Å²) in [7, 11) is 0. The third kappa shape index (κ3) is 7.01. The molecule has 2 aromatic carbocycles. The number of rotatable bonds is 10. The molecule has 212 valence electrons. The zero-order valence-corrected chi connectivity index (χ0v) is 21.1. The number of carboxylic acids is 1. The van der Waals surface area contributed by atoms with Crippen molar-refractivity contribution in [1.29, 1.82) is 0 Å². The first-order valence-corrected chi connectivity index (χ1v) is 12.1. The van der Waals surface area contributed by atoms with E-state index in [1.165, 1.54) is 17.3 Å². The van der Waals surface area contributed by atoms with Gasteiger partial charge in [0, 0.05) is 42.6 Å². The van der Waals surface area contributed by atoms with Gasteiger partial charge in [-0.05, 0) is 60.4 Å². The van der Waals surface area contributed by atoms with Crippen LogP contribution >= 0.6 is 0 Å². The van der Waals surface area contributed by atoms with Gasteiger partial charge in [0.2, 0.25) is 5.95 Å². The minimum absolute atomic E-state index is 0.113. The number of aromatic amines is 1. The van der Waals surface area contributed by atoms with Crippen molar-refractivity contribution in [1.82, 2.24) is 15.0 Å². The zero-order valence-electron chi connectivity index (χ0n) is 21.1. The highest BCUT2D eigenvalue weighted by atomic mass is 19.4. The Morgan fingerprint density at radius 2 is 1.73 bits per heavy atom. The molecule has 2 heterocycles. The Balaban J connectivity index is 1.51. The Morgan fingerprint density at radius 3 is 2.38 bits per heavy atom. The van der Waals surface area contributed by atoms with Crippen LogP contribution in [0.3, 0.4) is 0 Å². The lowest BCUT2D eigenvalue weighted by Gasteiger charge is -2.25. The number of aromatic nitrogens is 3. The van der Waals surface area contributed by atoms with E-state index in [2.05, 4.69) is 15.0 Å². The van der Waals surface area contributed by atoms with Crippen molar-refractivity contribution in [2.45, 2.75) is 38.7 Å². The molecular formula is C27H24F6N4O3. The van der Waals surface area contributed by atoms with E-state index in [-0.39, 0.29) is 43.7 Å². The molecule has 0 amide bonds. The van der Waals surface area contributed by atoms with Crippen LogP contribution < -0.4 is 9.64 Å². The topological polar surface area (TPSA) is 91.3 Å². The number of ether oxygens (including phenoxy) is 1. The van der Waals surface area contributed by atoms with E-state index in [1.807, 2.05) is 0 Å². The van der Waals surface area contributed by atoms with Crippen LogP contribution in [0.1, 0.15) is 34.2 Å². The minimum Gasteiger partial charge on any atom is -0.494 e. The van der Waals surface area contributed by atoms with Crippen LogP contribution in [0, 0.1) is 6.92 Å². The second kappa shape index (κ2) is 11.4. The normalized spacial score (nSPS) is 12.1. The summed E-state index contributed by atoms with van der Waals surface area (Å²) in [5, 5.41) is 9.78. The SMILES string of the molecule is Cc1cnc(N(CCCOc2ccc3[nH]cc(CC(=O)O)c3c2)Cc2ccc(C(F)(F)F)cc2C(F)(F)F)nc1. The van der Waals surface area contributed by atoms with E-state index in [0.29, 0.717) is 29.2 Å². The second-order valence-corrected chi connectivity index (χ2v) is 9.14. The van der Waals surface area contributed by atoms with Crippen LogP contribution in [0.5, 0.6) is 5.75 Å². The summed E-state index contributed by atoms with van der Waals surface area (Å²) in [5.41, 5.74) is -1.07. The number of nitrogens with zero attached hydrogens (tertiary/aromatic N) is 3. The number of hydrogen-bond acceptors (Lipinski definition) is 5. The van der Waals surface area contributed by atoms with Crippen LogP contribution in [-0.4, -0.2) is 39.2 Å². The molecule has 0 aliphatic rings. The van der Waals surface area contributed by atoms with Crippen molar-refractivity contribution in [2.24, 2.45) is 0 Å². The number of aryl methyl sites for hydroxylation is 1. The van der Waals surface area contributed by atoms with Gasteiger partial charge in [-0.2, -0.15) is 26.3 Å². The Bertz CT molecular complexity index is 1480. The first-order valence-electron chi connectivity index (χ1n) is 12.1. The fraction of sp³-hybridized carbons (Fsp3) is 0.296. The van der Waals surface area contributed by atoms with Gasteiger partial charge in [-0.1, -0.05) is 6.07 Å². The number of fused-ring (bicyclic) bond motifs is 1. The predicted molar refractivity (Wildman–Crippen MR) is 134 cm³/mol. The van der Waals surface area contributed by atoms with E-state index in [4.69, 9.17) is 9.84 Å². The standard InChI is InChI=1S/C27H24F6N4O3/c1-16-12-35-25(36-13-16)37(15-17-3-4-19(26(28,29)30)10-22(17)27(31,32)33)7-2-8-40-20-5-6-23-21(11-20)18(14-34-23)9-24(38)39/h3-6,10-14,34H,2,7-9,15H2,1H3,(H,38,39). The van der Waals surface area contributed by atoms with Crippen LogP contribution in [0.15, 0.2) is 55.0 Å². The van der Waals surface area contributed by atoms with Gasteiger partial charge in [0.15, 0.2) is 0 Å². The Hall–Kier alpha value is -4.29. The van der Waals surface area contributed by atoms with E-state index < -0.39 is 29.4 Å². The molecule has 13 heteroatoms. The summed E-state index contributed by atoms with van der Waals surface area (Å²) in [5.74, 6) is -0.392. The molecule has 0 bridgehead atoms. The second-order valence-electron chi connectivity index (χ2n) is 9.14. The first kappa shape index (κ1) is 28.7. The van der Waals surface area contributed by atoms with Crippen molar-refractivity contribution in [2.75, 3.05) is 18.1 Å². The molecule has 0 spiro atoms. The highest BCUT2D eigenvalue weighted by Gasteiger charge is 2.38. The highest BCUT2D eigenvalue weighted by molar-refractivity contribution is 5.88. The molecule has 2 aromatic heterocycles. The van der Waals surface area contributed by atoms with Crippen LogP contribution in [0.2, 0.25) is 0 Å². The van der Waals surface area contributed by atoms with Crippen molar-refractivity contribution < 1.29 is 41.0 Å². The number of alkyl halides is 6. The Kier molecular flexibility index (Phi) is 8.21. The average Bonchev–Trinajstić information content (AvgIpc) is 3.26. The maximum absolute atomic E-state index is 13.7. The molecule has 2 N–H and O–H groups in total. The largest absolute Gasteiger partial charge is 0.494 e. The number of carbonyl (C=O) groups is 1. The Labute approximate surface area is 224 Å². The summed E-state index contributed by atoms with van der Waals surface area (Å²) in [6.07, 6.45) is -5.19. The molecule has 40 heavy (non-hydrogen) atoms. The molecular weight excluding hydrogens is 542 g/mol. The lowest BCUT2D eigenvalue weighted by molar-refractivity contribution is -0.143. The third-order valence-electron chi connectivity index (χ3n) is 6.08. The number of anilines is 1. The van der Waals surface area contributed by atoms with Gasteiger partial charge >= 0.3 is 18.3 Å². The summed E-state index contributed by atoms with van der Waals surface area (Å²) in [6.45, 7) is 1.64. The van der Waals surface area contributed by atoms with E-state index in [0.717, 1.165) is 17.1 Å². The van der Waals surface area contributed by atoms with Crippen LogP contribution in [0.4, 0.5) is 32.3 Å². The van der Waals surface area contributed by atoms with Crippen molar-refractivity contribution >= 4 is 22.8 Å². The highest BCUT2D eigenvalue weighted by Crippen LogP contribution is 2.38. The number of hydrogen-bond donors (Lipinski definition) is 2. The number of carboxylic acid groups (broad SMARTS) is 1. The molecule has 0 saturated heterocycles. The lowest BCUT2D eigenvalue weighted by atomic mass is 10.0. The van der Waals surface area contributed by atoms with Crippen LogP contribution in [-0.2, 0) is 30.1 Å². The maximum Gasteiger partial charge on any atom is 0.416 e. The van der Waals surface area contributed by atoms with Crippen LogP contribution in [0.25, 0.3) is 10.9 Å². The molecule has 0 aliphatic heterocycles. The summed E-state index contributed by atoms with van der Waals surface area (Å²) in [4.78, 5) is 23.9. The smallest absolute Gasteiger partial charge is 0.416 e. The fourth-order valence-corrected chi connectivity index (χ4v) is 4.16. The van der Waals surface area contributed by atoms with E-state index in [9.17, 15) is 31.1 Å². The first-order chi connectivity index (χ1) is 18.8. The number of aliphatic carboxylic acids is 1. The molecule has 0 aliphatic carbocycles. The zero-order chi connectivity index (χ0) is 29.1. The van der Waals surface area contributed by atoms with E-state index in [1.54, 1.807) is 31.3 Å². The molecule has 0 unspecified atom stereocenters. The van der Waals surface area contributed by atoms with Gasteiger partial charge in [-0.3, -0.25) is 4.79 Å². The van der Waals surface area contributed by atoms with Crippen molar-refractivity contribution in [3.63, 3.8) is 0 Å². The number of H-pyrrole nitrogens is 1. The van der Waals surface area contributed by atoms with Gasteiger partial charge < -0.3 is 19.7 Å². The van der Waals surface area contributed by atoms with E-state index >= 15 is 0 Å². The number of halogens is 6. The van der Waals surface area contributed by atoms with Gasteiger partial charge in [0.1, 0.15) is 5.75 Å². The van der Waals surface area contributed by atoms with Crippen molar-refractivity contribution in [3.8, 4) is 5.75 Å². The lowest BCUT2D eigenvalue weighted by Crippen LogP contribution is -2.28. The Morgan fingerprint density at radius 1 is 1.00 bits per heavy atom. The molecule has 0 fully saturated rings. The number of benzene rings is 2. The average molecular weight is 567 g/mol. The summed E-state index contributed by atoms with van der Waals surface area (Å²) < 4.78 is 86.3. The quantitative estimate of drug-likeness (QED) is 0.170. The van der Waals surface area contributed by atoms with Crippen molar-refractivity contribution in [3.05, 3.63) is 82.8 Å². The maximum atomic E-state index is 13.7. The van der Waals surface area contributed by atoms with Gasteiger partial charge in [-0.15, -0.1) is 0 Å². The molecule has 0 atom stereocenters. The third-order valence-corrected chi connectivity index (χ3v) is 6.08. The summed E-state index contributed by atoms with van der Waals surface area (Å²) >= 11 is 0. The molecule has 7 nitrogen and oxygen atoms in total. The summed E-state index contributed by atoms with van der Waals surface area (Å²) in [6, 6.07) is 6.70. The molecule has 4 aromatic rings. The predicted octanol–water partition coefficient (Wildman–Crippen LogP) is 6.41. The molecule has 0 saturated carbocycles.